The number of carbonyl (C=O) groups excluding carboxylic acids is 1. The average Bonchev–Trinajstić information content (AvgIpc) is 2.39. The molecule has 0 saturated heterocycles. The second-order valence-corrected chi connectivity index (χ2v) is 4.75. The maximum atomic E-state index is 10.3. The standard InChI is InChI=1S/C6H9NO2S2/c1-4(5(8)9)11-6-7-2-3-10-6/h4H,2-3H2,1H3,(H,8,9)/p-1/t4-/m0/s1. The highest BCUT2D eigenvalue weighted by atomic mass is 32.2. The van der Waals surface area contributed by atoms with Gasteiger partial charge in [-0.1, -0.05) is 23.5 Å². The van der Waals surface area contributed by atoms with Gasteiger partial charge in [-0.3, -0.25) is 4.99 Å². The first-order chi connectivity index (χ1) is 5.20. The van der Waals surface area contributed by atoms with Crippen molar-refractivity contribution in [2.75, 3.05) is 12.3 Å². The van der Waals surface area contributed by atoms with Gasteiger partial charge in [-0.05, 0) is 6.92 Å². The first-order valence-electron chi connectivity index (χ1n) is 3.25. The van der Waals surface area contributed by atoms with Crippen LogP contribution < -0.4 is 5.11 Å². The Kier molecular flexibility index (Phi) is 3.26. The number of carboxylic acids is 1. The highest BCUT2D eigenvalue weighted by molar-refractivity contribution is 8.39. The summed E-state index contributed by atoms with van der Waals surface area (Å²) in [7, 11) is 0. The summed E-state index contributed by atoms with van der Waals surface area (Å²) < 4.78 is 0.877. The van der Waals surface area contributed by atoms with Crippen molar-refractivity contribution in [2.45, 2.75) is 12.2 Å². The molecule has 11 heavy (non-hydrogen) atoms. The van der Waals surface area contributed by atoms with Crippen molar-refractivity contribution in [3.8, 4) is 0 Å². The summed E-state index contributed by atoms with van der Waals surface area (Å²) >= 11 is 2.88. The summed E-state index contributed by atoms with van der Waals surface area (Å²) in [6, 6.07) is 0. The van der Waals surface area contributed by atoms with E-state index in [1.165, 1.54) is 11.8 Å². The number of nitrogens with zero attached hydrogens (tertiary/aromatic N) is 1. The van der Waals surface area contributed by atoms with E-state index in [-0.39, 0.29) is 0 Å². The van der Waals surface area contributed by atoms with E-state index >= 15 is 0 Å². The van der Waals surface area contributed by atoms with E-state index < -0.39 is 11.2 Å². The molecule has 0 aromatic carbocycles. The monoisotopic (exact) mass is 190 g/mol. The highest BCUT2D eigenvalue weighted by Crippen LogP contribution is 2.25. The van der Waals surface area contributed by atoms with Crippen LogP contribution in [0.15, 0.2) is 4.99 Å². The lowest BCUT2D eigenvalue weighted by Gasteiger charge is -2.10. The number of rotatable bonds is 2. The molecule has 0 aromatic heterocycles. The number of aliphatic imine (C=N–C) groups is 1. The van der Waals surface area contributed by atoms with Gasteiger partial charge >= 0.3 is 0 Å². The third-order valence-corrected chi connectivity index (χ3v) is 3.45. The number of thioether (sulfide) groups is 2. The lowest BCUT2D eigenvalue weighted by atomic mass is 10.5. The van der Waals surface area contributed by atoms with Gasteiger partial charge in [0.25, 0.3) is 0 Å². The fourth-order valence-electron chi connectivity index (χ4n) is 0.586. The van der Waals surface area contributed by atoms with Gasteiger partial charge in [0.05, 0.1) is 12.5 Å². The smallest absolute Gasteiger partial charge is 0.125 e. The van der Waals surface area contributed by atoms with E-state index in [1.807, 2.05) is 0 Å². The Morgan fingerprint density at radius 1 is 1.91 bits per heavy atom. The average molecular weight is 190 g/mol. The minimum absolute atomic E-state index is 0.487. The Labute approximate surface area is 73.7 Å². The van der Waals surface area contributed by atoms with Gasteiger partial charge in [0.2, 0.25) is 0 Å². The van der Waals surface area contributed by atoms with Crippen LogP contribution in [0, 0.1) is 0 Å². The molecule has 0 fully saturated rings. The van der Waals surface area contributed by atoms with E-state index in [4.69, 9.17) is 0 Å². The normalized spacial score (nSPS) is 19.5. The number of hydrogen-bond acceptors (Lipinski definition) is 5. The molecule has 0 N–H and O–H groups in total. The van der Waals surface area contributed by atoms with E-state index in [2.05, 4.69) is 4.99 Å². The maximum Gasteiger partial charge on any atom is 0.125 e. The molecule has 3 nitrogen and oxygen atoms in total. The van der Waals surface area contributed by atoms with Crippen LogP contribution in [0.5, 0.6) is 0 Å². The van der Waals surface area contributed by atoms with Crippen LogP contribution >= 0.6 is 23.5 Å². The Morgan fingerprint density at radius 3 is 3.09 bits per heavy atom. The molecule has 0 aliphatic carbocycles. The molecule has 0 aromatic rings. The molecule has 5 heteroatoms. The summed E-state index contributed by atoms with van der Waals surface area (Å²) in [5.41, 5.74) is 0. The Hall–Kier alpha value is -0.160. The van der Waals surface area contributed by atoms with Gasteiger partial charge in [0, 0.05) is 11.0 Å². The van der Waals surface area contributed by atoms with Crippen molar-refractivity contribution in [3.05, 3.63) is 0 Å². The molecule has 1 aliphatic heterocycles. The van der Waals surface area contributed by atoms with E-state index in [0.29, 0.717) is 0 Å². The SMILES string of the molecule is C[C@H](SC1=NCCS1)C(=O)[O-]. The van der Waals surface area contributed by atoms with Crippen molar-refractivity contribution < 1.29 is 9.90 Å². The lowest BCUT2D eigenvalue weighted by Crippen LogP contribution is -2.31. The van der Waals surface area contributed by atoms with Gasteiger partial charge in [-0.2, -0.15) is 0 Å². The summed E-state index contributed by atoms with van der Waals surface area (Å²) in [5.74, 6) is -0.0487. The van der Waals surface area contributed by atoms with Crippen molar-refractivity contribution >= 4 is 33.9 Å². The molecule has 0 amide bonds. The van der Waals surface area contributed by atoms with Crippen LogP contribution in [0.1, 0.15) is 6.92 Å². The van der Waals surface area contributed by atoms with E-state index in [9.17, 15) is 9.90 Å². The minimum Gasteiger partial charge on any atom is -0.549 e. The predicted octanol–water partition coefficient (Wildman–Crippen LogP) is -0.0392. The van der Waals surface area contributed by atoms with E-state index in [1.54, 1.807) is 18.7 Å². The topological polar surface area (TPSA) is 52.5 Å². The number of aliphatic carboxylic acids is 1. The predicted molar refractivity (Wildman–Crippen MR) is 46.8 cm³/mol. The van der Waals surface area contributed by atoms with E-state index in [0.717, 1.165) is 16.7 Å². The lowest BCUT2D eigenvalue weighted by molar-refractivity contribution is -0.304. The molecule has 1 aliphatic rings. The van der Waals surface area contributed by atoms with Gasteiger partial charge in [-0.15, -0.1) is 0 Å². The molecular weight excluding hydrogens is 182 g/mol. The molecule has 0 bridgehead atoms. The first kappa shape index (κ1) is 8.93. The Morgan fingerprint density at radius 2 is 2.64 bits per heavy atom. The van der Waals surface area contributed by atoms with Crippen LogP contribution in [0.3, 0.4) is 0 Å². The minimum atomic E-state index is -1.02. The number of carbonyl (C=O) groups is 1. The van der Waals surface area contributed by atoms with Crippen LogP contribution in [0.25, 0.3) is 0 Å². The van der Waals surface area contributed by atoms with Crippen molar-refractivity contribution in [2.24, 2.45) is 4.99 Å². The zero-order chi connectivity index (χ0) is 8.27. The second-order valence-electron chi connectivity index (χ2n) is 2.08. The molecule has 0 saturated carbocycles. The second kappa shape index (κ2) is 4.01. The molecule has 0 radical (unpaired) electrons. The van der Waals surface area contributed by atoms with Crippen LogP contribution in [0.4, 0.5) is 0 Å². The molecular formula is C6H8NO2S2-. The summed E-state index contributed by atoms with van der Waals surface area (Å²) in [5, 5.41) is 9.80. The molecule has 62 valence electrons. The zero-order valence-electron chi connectivity index (χ0n) is 6.07. The molecule has 0 spiro atoms. The van der Waals surface area contributed by atoms with Gasteiger partial charge in [0.1, 0.15) is 4.38 Å². The quantitative estimate of drug-likeness (QED) is 0.613. The van der Waals surface area contributed by atoms with Crippen LogP contribution in [-0.2, 0) is 4.79 Å². The van der Waals surface area contributed by atoms with Crippen LogP contribution in [0.2, 0.25) is 0 Å². The fourth-order valence-corrected chi connectivity index (χ4v) is 2.65. The summed E-state index contributed by atoms with van der Waals surface area (Å²) in [6.07, 6.45) is 0. The summed E-state index contributed by atoms with van der Waals surface area (Å²) in [4.78, 5) is 14.4. The number of carboxylic acid groups (broad SMARTS) is 1. The first-order valence-corrected chi connectivity index (χ1v) is 5.11. The van der Waals surface area contributed by atoms with Crippen molar-refractivity contribution in [3.63, 3.8) is 0 Å². The highest BCUT2D eigenvalue weighted by Gasteiger charge is 2.12. The maximum absolute atomic E-state index is 10.3. The molecule has 1 rings (SSSR count). The molecule has 1 heterocycles. The summed E-state index contributed by atoms with van der Waals surface area (Å²) in [6.45, 7) is 2.42. The van der Waals surface area contributed by atoms with Crippen molar-refractivity contribution in [1.29, 1.82) is 0 Å². The van der Waals surface area contributed by atoms with Gasteiger partial charge in [-0.25, -0.2) is 0 Å². The largest absolute Gasteiger partial charge is 0.549 e. The van der Waals surface area contributed by atoms with Gasteiger partial charge < -0.3 is 9.90 Å². The zero-order valence-corrected chi connectivity index (χ0v) is 7.70. The Bertz CT molecular complexity index is 193. The molecule has 1 atom stereocenters. The van der Waals surface area contributed by atoms with Crippen LogP contribution in [-0.4, -0.2) is 27.9 Å². The fraction of sp³-hybridized carbons (Fsp3) is 0.667. The third kappa shape index (κ3) is 2.75. The van der Waals surface area contributed by atoms with Crippen molar-refractivity contribution in [1.82, 2.24) is 0 Å². The number of hydrogen-bond donors (Lipinski definition) is 0. The Balaban J connectivity index is 2.35. The molecule has 0 unspecified atom stereocenters. The van der Waals surface area contributed by atoms with Gasteiger partial charge in [0.15, 0.2) is 0 Å². The third-order valence-electron chi connectivity index (χ3n) is 1.17.